The zero-order valence-corrected chi connectivity index (χ0v) is 18.1. The van der Waals surface area contributed by atoms with Crippen LogP contribution in [0.5, 0.6) is 0 Å². The van der Waals surface area contributed by atoms with Crippen LogP contribution < -0.4 is 15.5 Å². The van der Waals surface area contributed by atoms with Gasteiger partial charge >= 0.3 is 6.03 Å². The maximum absolute atomic E-state index is 12.6. The predicted octanol–water partition coefficient (Wildman–Crippen LogP) is 3.89. The number of amides is 2. The molecule has 3 heterocycles. The van der Waals surface area contributed by atoms with Crippen LogP contribution in [-0.4, -0.2) is 52.1 Å². The monoisotopic (exact) mass is 417 g/mol. The van der Waals surface area contributed by atoms with Crippen molar-refractivity contribution in [2.75, 3.05) is 41.7 Å². The summed E-state index contributed by atoms with van der Waals surface area (Å²) in [6, 6.07) is 11.7. The SMILES string of the molecule is Cc1ccnc(Nc2cc(N3CCN(C(=O)Nc4ccc(C)c(C)c4)CC3)ncn2)c1. The first-order chi connectivity index (χ1) is 15.0. The number of carbonyl (C=O) groups is 1. The number of piperazine rings is 1. The fourth-order valence-electron chi connectivity index (χ4n) is 3.48. The summed E-state index contributed by atoms with van der Waals surface area (Å²) < 4.78 is 0. The minimum Gasteiger partial charge on any atom is -0.353 e. The van der Waals surface area contributed by atoms with E-state index in [2.05, 4.69) is 37.4 Å². The molecule has 2 aromatic heterocycles. The molecule has 1 aromatic carbocycles. The number of rotatable bonds is 4. The molecule has 1 aliphatic rings. The van der Waals surface area contributed by atoms with Crippen molar-refractivity contribution in [3.63, 3.8) is 0 Å². The summed E-state index contributed by atoms with van der Waals surface area (Å²) in [6.07, 6.45) is 3.31. The lowest BCUT2D eigenvalue weighted by molar-refractivity contribution is 0.208. The van der Waals surface area contributed by atoms with Gasteiger partial charge in [0.05, 0.1) is 0 Å². The first kappa shape index (κ1) is 20.6. The molecule has 3 aromatic rings. The number of anilines is 4. The Hall–Kier alpha value is -3.68. The summed E-state index contributed by atoms with van der Waals surface area (Å²) in [5.74, 6) is 2.27. The van der Waals surface area contributed by atoms with Gasteiger partial charge in [0.1, 0.15) is 23.8 Å². The summed E-state index contributed by atoms with van der Waals surface area (Å²) in [4.78, 5) is 29.7. The van der Waals surface area contributed by atoms with Gasteiger partial charge in [-0.1, -0.05) is 6.07 Å². The van der Waals surface area contributed by atoms with Gasteiger partial charge in [-0.25, -0.2) is 19.7 Å². The topological polar surface area (TPSA) is 86.3 Å². The molecule has 4 rings (SSSR count). The van der Waals surface area contributed by atoms with Gasteiger partial charge in [0.15, 0.2) is 0 Å². The maximum atomic E-state index is 12.6. The molecular formula is C23H27N7O. The van der Waals surface area contributed by atoms with E-state index in [4.69, 9.17) is 0 Å². The second-order valence-electron chi connectivity index (χ2n) is 7.81. The van der Waals surface area contributed by atoms with E-state index in [0.29, 0.717) is 32.0 Å². The van der Waals surface area contributed by atoms with Crippen LogP contribution >= 0.6 is 0 Å². The van der Waals surface area contributed by atoms with Gasteiger partial charge in [-0.05, 0) is 61.7 Å². The number of nitrogens with one attached hydrogen (secondary N) is 2. The summed E-state index contributed by atoms with van der Waals surface area (Å²) in [5, 5.41) is 6.22. The molecule has 2 N–H and O–H groups in total. The normalized spacial score (nSPS) is 13.8. The second-order valence-corrected chi connectivity index (χ2v) is 7.81. The van der Waals surface area contributed by atoms with E-state index in [1.165, 1.54) is 5.56 Å². The molecule has 8 heteroatoms. The van der Waals surface area contributed by atoms with E-state index in [9.17, 15) is 4.79 Å². The number of hydrogen-bond donors (Lipinski definition) is 2. The van der Waals surface area contributed by atoms with Crippen LogP contribution in [0.15, 0.2) is 48.9 Å². The largest absolute Gasteiger partial charge is 0.353 e. The summed E-state index contributed by atoms with van der Waals surface area (Å²) in [7, 11) is 0. The van der Waals surface area contributed by atoms with Crippen molar-refractivity contribution in [1.29, 1.82) is 0 Å². The number of pyridine rings is 1. The Morgan fingerprint density at radius 3 is 2.39 bits per heavy atom. The highest BCUT2D eigenvalue weighted by atomic mass is 16.2. The average Bonchev–Trinajstić information content (AvgIpc) is 2.77. The molecule has 0 spiro atoms. The quantitative estimate of drug-likeness (QED) is 0.670. The molecule has 8 nitrogen and oxygen atoms in total. The third-order valence-corrected chi connectivity index (χ3v) is 5.47. The van der Waals surface area contributed by atoms with Crippen LogP contribution in [0, 0.1) is 20.8 Å². The van der Waals surface area contributed by atoms with E-state index in [0.717, 1.165) is 28.5 Å². The van der Waals surface area contributed by atoms with E-state index in [-0.39, 0.29) is 6.03 Å². The molecule has 0 radical (unpaired) electrons. The van der Waals surface area contributed by atoms with Crippen LogP contribution in [0.2, 0.25) is 0 Å². The highest BCUT2D eigenvalue weighted by Crippen LogP contribution is 2.20. The third kappa shape index (κ3) is 5.09. The lowest BCUT2D eigenvalue weighted by Gasteiger charge is -2.35. The number of hydrogen-bond acceptors (Lipinski definition) is 6. The minimum atomic E-state index is -0.0709. The Morgan fingerprint density at radius 2 is 1.65 bits per heavy atom. The van der Waals surface area contributed by atoms with Gasteiger partial charge in [-0.2, -0.15) is 0 Å². The van der Waals surface area contributed by atoms with Gasteiger partial charge in [-0.15, -0.1) is 0 Å². The van der Waals surface area contributed by atoms with E-state index < -0.39 is 0 Å². The zero-order valence-electron chi connectivity index (χ0n) is 18.1. The van der Waals surface area contributed by atoms with E-state index in [1.54, 1.807) is 12.5 Å². The molecule has 160 valence electrons. The Balaban J connectivity index is 1.35. The van der Waals surface area contributed by atoms with Crippen LogP contribution in [0.3, 0.4) is 0 Å². The van der Waals surface area contributed by atoms with E-state index in [1.807, 2.05) is 55.1 Å². The molecule has 1 aliphatic heterocycles. The first-order valence-corrected chi connectivity index (χ1v) is 10.4. The Bertz CT molecular complexity index is 1080. The zero-order chi connectivity index (χ0) is 21.8. The molecule has 0 aliphatic carbocycles. The maximum Gasteiger partial charge on any atom is 0.321 e. The Kier molecular flexibility index (Phi) is 5.97. The number of aryl methyl sites for hydroxylation is 3. The lowest BCUT2D eigenvalue weighted by atomic mass is 10.1. The number of nitrogens with zero attached hydrogens (tertiary/aromatic N) is 5. The molecule has 0 unspecified atom stereocenters. The van der Waals surface area contributed by atoms with Crippen molar-refractivity contribution in [1.82, 2.24) is 19.9 Å². The summed E-state index contributed by atoms with van der Waals surface area (Å²) in [5.41, 5.74) is 4.33. The Morgan fingerprint density at radius 1 is 0.871 bits per heavy atom. The van der Waals surface area contributed by atoms with Crippen molar-refractivity contribution in [3.05, 3.63) is 65.6 Å². The molecule has 0 bridgehead atoms. The first-order valence-electron chi connectivity index (χ1n) is 10.4. The van der Waals surface area contributed by atoms with Gasteiger partial charge in [-0.3, -0.25) is 0 Å². The van der Waals surface area contributed by atoms with Crippen LogP contribution in [0.1, 0.15) is 16.7 Å². The molecule has 0 saturated carbocycles. The van der Waals surface area contributed by atoms with Crippen molar-refractivity contribution in [3.8, 4) is 0 Å². The smallest absolute Gasteiger partial charge is 0.321 e. The highest BCUT2D eigenvalue weighted by molar-refractivity contribution is 5.89. The fraction of sp³-hybridized carbons (Fsp3) is 0.304. The standard InChI is InChI=1S/C23H27N7O/c1-16-6-7-24-20(12-16)28-21-14-22(26-15-25-21)29-8-10-30(11-9-29)23(31)27-19-5-4-17(2)18(3)13-19/h4-7,12-15H,8-11H2,1-3H3,(H,27,31)(H,24,25,26,28). The second kappa shape index (κ2) is 8.99. The lowest BCUT2D eigenvalue weighted by Crippen LogP contribution is -2.50. The number of benzene rings is 1. The number of aromatic nitrogens is 3. The van der Waals surface area contributed by atoms with E-state index >= 15 is 0 Å². The molecular weight excluding hydrogens is 390 g/mol. The van der Waals surface area contributed by atoms with Crippen molar-refractivity contribution in [2.24, 2.45) is 0 Å². The van der Waals surface area contributed by atoms with Crippen LogP contribution in [0.25, 0.3) is 0 Å². The van der Waals surface area contributed by atoms with Gasteiger partial charge in [0, 0.05) is 44.1 Å². The number of urea groups is 1. The fourth-order valence-corrected chi connectivity index (χ4v) is 3.48. The molecule has 0 atom stereocenters. The predicted molar refractivity (Wildman–Crippen MR) is 123 cm³/mol. The molecule has 1 saturated heterocycles. The van der Waals surface area contributed by atoms with Crippen molar-refractivity contribution >= 4 is 29.2 Å². The molecule has 2 amide bonds. The Labute approximate surface area is 182 Å². The van der Waals surface area contributed by atoms with Crippen molar-refractivity contribution < 1.29 is 4.79 Å². The highest BCUT2D eigenvalue weighted by Gasteiger charge is 2.22. The van der Waals surface area contributed by atoms with Crippen LogP contribution in [0.4, 0.5) is 27.9 Å². The molecule has 31 heavy (non-hydrogen) atoms. The average molecular weight is 418 g/mol. The molecule has 1 fully saturated rings. The third-order valence-electron chi connectivity index (χ3n) is 5.47. The van der Waals surface area contributed by atoms with Gasteiger partial charge < -0.3 is 20.4 Å². The van der Waals surface area contributed by atoms with Gasteiger partial charge in [0.25, 0.3) is 0 Å². The number of carbonyl (C=O) groups excluding carboxylic acids is 1. The van der Waals surface area contributed by atoms with Gasteiger partial charge in [0.2, 0.25) is 0 Å². The minimum absolute atomic E-state index is 0.0709. The summed E-state index contributed by atoms with van der Waals surface area (Å²) >= 11 is 0. The van der Waals surface area contributed by atoms with Crippen molar-refractivity contribution in [2.45, 2.75) is 20.8 Å². The summed E-state index contributed by atoms with van der Waals surface area (Å²) in [6.45, 7) is 8.80. The van der Waals surface area contributed by atoms with Crippen LogP contribution in [-0.2, 0) is 0 Å².